The Labute approximate surface area is 150 Å². The van der Waals surface area contributed by atoms with E-state index in [9.17, 15) is 10.1 Å². The highest BCUT2D eigenvalue weighted by Gasteiger charge is 2.24. The number of nitrogens with zero attached hydrogens (tertiary/aromatic N) is 2. The van der Waals surface area contributed by atoms with E-state index in [1.54, 1.807) is 6.07 Å². The summed E-state index contributed by atoms with van der Waals surface area (Å²) in [6, 6.07) is 19.2. The van der Waals surface area contributed by atoms with Crippen LogP contribution in [-0.4, -0.2) is 17.4 Å². The lowest BCUT2D eigenvalue weighted by Crippen LogP contribution is -2.19. The van der Waals surface area contributed by atoms with Gasteiger partial charge in [-0.1, -0.05) is 42.5 Å². The fraction of sp³-hybridized carbons (Fsp3) is 0.150. The molecule has 0 radical (unpaired) electrons. The molecular formula is C20H16N2O2S. The second-order valence-corrected chi connectivity index (χ2v) is 6.46. The first-order valence-electron chi connectivity index (χ1n) is 7.80. The van der Waals surface area contributed by atoms with Crippen LogP contribution in [0.1, 0.15) is 16.5 Å². The number of Topliss-reactive ketones (excluding diaryl/α,β-unsaturated/α-hetero) is 1. The third kappa shape index (κ3) is 4.11. The van der Waals surface area contributed by atoms with Crippen LogP contribution in [0.15, 0.2) is 60.0 Å². The Bertz CT molecular complexity index is 913. The van der Waals surface area contributed by atoms with Crippen LogP contribution in [0.5, 0.6) is 5.75 Å². The van der Waals surface area contributed by atoms with Crippen molar-refractivity contribution in [2.75, 3.05) is 6.61 Å². The molecule has 0 N–H and O–H groups in total. The molecule has 0 bridgehead atoms. The van der Waals surface area contributed by atoms with E-state index in [0.29, 0.717) is 10.8 Å². The van der Waals surface area contributed by atoms with Gasteiger partial charge in [0.05, 0.1) is 11.8 Å². The van der Waals surface area contributed by atoms with Crippen LogP contribution in [0.4, 0.5) is 0 Å². The molecule has 124 valence electrons. The largest absolute Gasteiger partial charge is 0.486 e. The monoisotopic (exact) mass is 348 g/mol. The average molecular weight is 348 g/mol. The molecule has 1 aromatic heterocycles. The molecule has 3 aromatic rings. The molecular weight excluding hydrogens is 332 g/mol. The Morgan fingerprint density at radius 3 is 2.76 bits per heavy atom. The van der Waals surface area contributed by atoms with Gasteiger partial charge in [-0.15, -0.1) is 11.3 Å². The summed E-state index contributed by atoms with van der Waals surface area (Å²) >= 11 is 1.32. The normalized spacial score (nSPS) is 11.5. The summed E-state index contributed by atoms with van der Waals surface area (Å²) in [5.74, 6) is -0.584. The topological polar surface area (TPSA) is 63.0 Å². The number of ketones is 1. The number of carbonyl (C=O) groups is 1. The highest BCUT2D eigenvalue weighted by atomic mass is 32.1. The van der Waals surface area contributed by atoms with Gasteiger partial charge in [0.1, 0.15) is 17.4 Å². The third-order valence-electron chi connectivity index (χ3n) is 3.66. The van der Waals surface area contributed by atoms with Crippen LogP contribution in [-0.2, 0) is 4.79 Å². The average Bonchev–Trinajstić information content (AvgIpc) is 3.11. The number of ether oxygens (including phenoxy) is 1. The van der Waals surface area contributed by atoms with E-state index < -0.39 is 5.92 Å². The van der Waals surface area contributed by atoms with E-state index in [4.69, 9.17) is 4.74 Å². The third-order valence-corrected chi connectivity index (χ3v) is 4.57. The van der Waals surface area contributed by atoms with Crippen molar-refractivity contribution >= 4 is 17.1 Å². The molecule has 3 rings (SSSR count). The van der Waals surface area contributed by atoms with Crippen molar-refractivity contribution < 1.29 is 9.53 Å². The van der Waals surface area contributed by atoms with Crippen LogP contribution in [0.25, 0.3) is 11.3 Å². The van der Waals surface area contributed by atoms with Gasteiger partial charge >= 0.3 is 0 Å². The lowest BCUT2D eigenvalue weighted by atomic mass is 10.1. The van der Waals surface area contributed by atoms with E-state index in [0.717, 1.165) is 16.8 Å². The van der Waals surface area contributed by atoms with E-state index in [1.165, 1.54) is 11.3 Å². The fourth-order valence-electron chi connectivity index (χ4n) is 2.37. The van der Waals surface area contributed by atoms with Gasteiger partial charge in [-0.25, -0.2) is 4.98 Å². The zero-order valence-corrected chi connectivity index (χ0v) is 14.5. The number of aryl methyl sites for hydroxylation is 1. The highest BCUT2D eigenvalue weighted by molar-refractivity contribution is 7.10. The molecule has 2 aromatic carbocycles. The quantitative estimate of drug-likeness (QED) is 0.663. The SMILES string of the molecule is Cc1cccc(OCC(=O)C(C#N)c2nc(-c3ccccc3)cs2)c1. The zero-order valence-electron chi connectivity index (χ0n) is 13.7. The number of aromatic nitrogens is 1. The minimum Gasteiger partial charge on any atom is -0.486 e. The maximum absolute atomic E-state index is 12.4. The molecule has 0 aliphatic carbocycles. The van der Waals surface area contributed by atoms with Crippen LogP contribution in [0.3, 0.4) is 0 Å². The van der Waals surface area contributed by atoms with Gasteiger partial charge in [-0.2, -0.15) is 5.26 Å². The molecule has 5 heteroatoms. The molecule has 25 heavy (non-hydrogen) atoms. The fourth-order valence-corrected chi connectivity index (χ4v) is 3.26. The first-order chi connectivity index (χ1) is 12.2. The van der Waals surface area contributed by atoms with E-state index >= 15 is 0 Å². The minimum atomic E-state index is -0.910. The van der Waals surface area contributed by atoms with Crippen LogP contribution in [0.2, 0.25) is 0 Å². The van der Waals surface area contributed by atoms with Crippen molar-refractivity contribution in [1.82, 2.24) is 4.98 Å². The standard InChI is InChI=1S/C20H16N2O2S/c1-14-6-5-9-16(10-14)24-12-19(23)17(11-21)20-22-18(13-25-20)15-7-3-2-4-8-15/h2-10,13,17H,12H2,1H3. The Hall–Kier alpha value is -2.97. The Balaban J connectivity index is 1.71. The predicted molar refractivity (Wildman–Crippen MR) is 97.6 cm³/mol. The summed E-state index contributed by atoms with van der Waals surface area (Å²) in [4.78, 5) is 16.9. The number of nitriles is 1. The second-order valence-electron chi connectivity index (χ2n) is 5.57. The first kappa shape index (κ1) is 16.9. The van der Waals surface area contributed by atoms with Crippen molar-refractivity contribution in [2.24, 2.45) is 0 Å². The summed E-state index contributed by atoms with van der Waals surface area (Å²) in [5, 5.41) is 11.8. The lowest BCUT2D eigenvalue weighted by Gasteiger charge is -2.08. The molecule has 4 nitrogen and oxygen atoms in total. The Morgan fingerprint density at radius 1 is 1.24 bits per heavy atom. The number of carbonyl (C=O) groups excluding carboxylic acids is 1. The second kappa shape index (κ2) is 7.73. The highest BCUT2D eigenvalue weighted by Crippen LogP contribution is 2.27. The molecule has 0 aliphatic heterocycles. The summed E-state index contributed by atoms with van der Waals surface area (Å²) in [5.41, 5.74) is 2.78. The van der Waals surface area contributed by atoms with E-state index in [2.05, 4.69) is 4.98 Å². The van der Waals surface area contributed by atoms with Crippen molar-refractivity contribution in [3.05, 3.63) is 70.5 Å². The smallest absolute Gasteiger partial charge is 0.194 e. The van der Waals surface area contributed by atoms with E-state index in [1.807, 2.05) is 66.9 Å². The summed E-state index contributed by atoms with van der Waals surface area (Å²) in [7, 11) is 0. The molecule has 1 atom stereocenters. The van der Waals surface area contributed by atoms with Crippen molar-refractivity contribution in [3.63, 3.8) is 0 Å². The minimum absolute atomic E-state index is 0.151. The molecule has 1 heterocycles. The Morgan fingerprint density at radius 2 is 2.04 bits per heavy atom. The van der Waals surface area contributed by atoms with Crippen molar-refractivity contribution in [3.8, 4) is 23.1 Å². The Kier molecular flexibility index (Phi) is 5.22. The molecule has 0 saturated carbocycles. The van der Waals surface area contributed by atoms with Gasteiger partial charge in [0.2, 0.25) is 0 Å². The van der Waals surface area contributed by atoms with Crippen LogP contribution in [0, 0.1) is 18.3 Å². The molecule has 0 amide bonds. The van der Waals surface area contributed by atoms with Crippen LogP contribution >= 0.6 is 11.3 Å². The van der Waals surface area contributed by atoms with Gasteiger partial charge in [0.15, 0.2) is 11.7 Å². The predicted octanol–water partition coefficient (Wildman–Crippen LogP) is 4.37. The summed E-state index contributed by atoms with van der Waals surface area (Å²) in [6.45, 7) is 1.80. The van der Waals surface area contributed by atoms with Gasteiger partial charge in [0, 0.05) is 10.9 Å². The molecule has 0 spiro atoms. The molecule has 0 fully saturated rings. The first-order valence-corrected chi connectivity index (χ1v) is 8.68. The number of hydrogen-bond acceptors (Lipinski definition) is 5. The maximum Gasteiger partial charge on any atom is 0.194 e. The number of rotatable bonds is 6. The van der Waals surface area contributed by atoms with E-state index in [-0.39, 0.29) is 12.4 Å². The summed E-state index contributed by atoms with van der Waals surface area (Å²) < 4.78 is 5.52. The molecule has 1 unspecified atom stereocenters. The van der Waals surface area contributed by atoms with Crippen molar-refractivity contribution in [1.29, 1.82) is 5.26 Å². The number of benzene rings is 2. The lowest BCUT2D eigenvalue weighted by molar-refractivity contribution is -0.121. The maximum atomic E-state index is 12.4. The van der Waals surface area contributed by atoms with Gasteiger partial charge in [-0.05, 0) is 24.6 Å². The van der Waals surface area contributed by atoms with Crippen LogP contribution < -0.4 is 4.74 Å². The van der Waals surface area contributed by atoms with Crippen molar-refractivity contribution in [2.45, 2.75) is 12.8 Å². The van der Waals surface area contributed by atoms with Gasteiger partial charge in [0.25, 0.3) is 0 Å². The number of thiazole rings is 1. The molecule has 0 aliphatic rings. The van der Waals surface area contributed by atoms with Gasteiger partial charge in [-0.3, -0.25) is 4.79 Å². The number of hydrogen-bond donors (Lipinski definition) is 0. The zero-order chi connectivity index (χ0) is 17.6. The van der Waals surface area contributed by atoms with Gasteiger partial charge < -0.3 is 4.74 Å². The molecule has 0 saturated heterocycles. The summed E-state index contributed by atoms with van der Waals surface area (Å²) in [6.07, 6.45) is 0.